The van der Waals surface area contributed by atoms with E-state index in [-0.39, 0.29) is 6.61 Å². The smallest absolute Gasteiger partial charge is 0.0445 e. The molecule has 0 aliphatic carbocycles. The summed E-state index contributed by atoms with van der Waals surface area (Å²) in [5.74, 6) is 0.583. The standard InChI is InChI=1S/C18H30N2O/c1-15(2)18(10-13-21)19-17-8-11-20(12-9-17)14-16-6-4-3-5-7-16/h3-7,15,17-19,21H,8-14H2,1-2H3. The third-order valence-electron chi connectivity index (χ3n) is 4.53. The topological polar surface area (TPSA) is 35.5 Å². The van der Waals surface area contributed by atoms with Gasteiger partial charge in [-0.15, -0.1) is 0 Å². The van der Waals surface area contributed by atoms with Gasteiger partial charge in [0.05, 0.1) is 0 Å². The quantitative estimate of drug-likeness (QED) is 0.810. The van der Waals surface area contributed by atoms with Crippen molar-refractivity contribution in [3.8, 4) is 0 Å². The van der Waals surface area contributed by atoms with Crippen LogP contribution in [0.5, 0.6) is 0 Å². The molecule has 1 aromatic rings. The van der Waals surface area contributed by atoms with Crippen molar-refractivity contribution in [3.63, 3.8) is 0 Å². The first-order chi connectivity index (χ1) is 10.2. The lowest BCUT2D eigenvalue weighted by Crippen LogP contribution is -2.47. The lowest BCUT2D eigenvalue weighted by molar-refractivity contribution is 0.167. The first-order valence-corrected chi connectivity index (χ1v) is 8.32. The number of nitrogens with one attached hydrogen (secondary N) is 1. The van der Waals surface area contributed by atoms with Crippen LogP contribution in [0.3, 0.4) is 0 Å². The second-order valence-electron chi connectivity index (χ2n) is 6.57. The Morgan fingerprint density at radius 2 is 1.86 bits per heavy atom. The van der Waals surface area contributed by atoms with Crippen LogP contribution in [0.2, 0.25) is 0 Å². The summed E-state index contributed by atoms with van der Waals surface area (Å²) in [7, 11) is 0. The van der Waals surface area contributed by atoms with Crippen molar-refractivity contribution in [3.05, 3.63) is 35.9 Å². The highest BCUT2D eigenvalue weighted by molar-refractivity contribution is 5.14. The van der Waals surface area contributed by atoms with Gasteiger partial charge >= 0.3 is 0 Å². The number of aliphatic hydroxyl groups excluding tert-OH is 1. The Hall–Kier alpha value is -0.900. The van der Waals surface area contributed by atoms with Crippen LogP contribution in [-0.4, -0.2) is 41.8 Å². The number of benzene rings is 1. The van der Waals surface area contributed by atoms with Crippen molar-refractivity contribution in [2.24, 2.45) is 5.92 Å². The molecular weight excluding hydrogens is 260 g/mol. The average Bonchev–Trinajstić information content (AvgIpc) is 2.49. The van der Waals surface area contributed by atoms with Crippen molar-refractivity contribution in [1.82, 2.24) is 10.2 Å². The molecule has 1 aromatic carbocycles. The summed E-state index contributed by atoms with van der Waals surface area (Å²) in [6, 6.07) is 11.8. The van der Waals surface area contributed by atoms with Crippen LogP contribution >= 0.6 is 0 Å². The lowest BCUT2D eigenvalue weighted by atomic mass is 9.97. The maximum atomic E-state index is 9.17. The van der Waals surface area contributed by atoms with Crippen molar-refractivity contribution in [1.29, 1.82) is 0 Å². The molecule has 3 nitrogen and oxygen atoms in total. The van der Waals surface area contributed by atoms with Crippen molar-refractivity contribution in [2.75, 3.05) is 19.7 Å². The lowest BCUT2D eigenvalue weighted by Gasteiger charge is -2.35. The van der Waals surface area contributed by atoms with E-state index in [2.05, 4.69) is 54.4 Å². The van der Waals surface area contributed by atoms with Crippen LogP contribution in [0.15, 0.2) is 30.3 Å². The maximum Gasteiger partial charge on any atom is 0.0445 e. The van der Waals surface area contributed by atoms with Crippen LogP contribution in [0.25, 0.3) is 0 Å². The Morgan fingerprint density at radius 3 is 2.43 bits per heavy atom. The zero-order chi connectivity index (χ0) is 15.1. The van der Waals surface area contributed by atoms with Crippen LogP contribution < -0.4 is 5.32 Å². The molecule has 1 saturated heterocycles. The van der Waals surface area contributed by atoms with Gasteiger partial charge in [-0.3, -0.25) is 4.90 Å². The summed E-state index contributed by atoms with van der Waals surface area (Å²) < 4.78 is 0. The molecule has 1 aliphatic rings. The normalized spacial score (nSPS) is 19.0. The van der Waals surface area contributed by atoms with E-state index in [0.717, 1.165) is 26.1 Å². The average molecular weight is 290 g/mol. The van der Waals surface area contributed by atoms with Gasteiger partial charge in [0.15, 0.2) is 0 Å². The molecule has 0 bridgehead atoms. The van der Waals surface area contributed by atoms with E-state index >= 15 is 0 Å². The zero-order valence-corrected chi connectivity index (χ0v) is 13.5. The monoisotopic (exact) mass is 290 g/mol. The Morgan fingerprint density at radius 1 is 1.19 bits per heavy atom. The molecule has 0 saturated carbocycles. The predicted octanol–water partition coefficient (Wildman–Crippen LogP) is 2.65. The third kappa shape index (κ3) is 5.42. The van der Waals surface area contributed by atoms with E-state index in [0.29, 0.717) is 18.0 Å². The molecule has 2 N–H and O–H groups in total. The molecule has 1 fully saturated rings. The highest BCUT2D eigenvalue weighted by atomic mass is 16.3. The molecule has 118 valence electrons. The second kappa shape index (κ2) is 8.52. The van der Waals surface area contributed by atoms with Crippen LogP contribution in [0, 0.1) is 5.92 Å². The summed E-state index contributed by atoms with van der Waals surface area (Å²) >= 11 is 0. The van der Waals surface area contributed by atoms with Gasteiger partial charge < -0.3 is 10.4 Å². The minimum atomic E-state index is 0.280. The SMILES string of the molecule is CC(C)C(CCO)NC1CCN(Cc2ccccc2)CC1. The van der Waals surface area contributed by atoms with Gasteiger partial charge in [-0.1, -0.05) is 44.2 Å². The Balaban J connectivity index is 1.75. The summed E-state index contributed by atoms with van der Waals surface area (Å²) in [5.41, 5.74) is 1.41. The maximum absolute atomic E-state index is 9.17. The number of piperidine rings is 1. The van der Waals surface area contributed by atoms with Crippen molar-refractivity contribution >= 4 is 0 Å². The van der Waals surface area contributed by atoms with Gasteiger partial charge in [-0.05, 0) is 43.8 Å². The van der Waals surface area contributed by atoms with E-state index in [1.54, 1.807) is 0 Å². The molecule has 0 spiro atoms. The predicted molar refractivity (Wildman–Crippen MR) is 88.2 cm³/mol. The van der Waals surface area contributed by atoms with Gasteiger partial charge in [0.25, 0.3) is 0 Å². The van der Waals surface area contributed by atoms with E-state index in [4.69, 9.17) is 0 Å². The zero-order valence-electron chi connectivity index (χ0n) is 13.5. The molecular formula is C18H30N2O. The summed E-state index contributed by atoms with van der Waals surface area (Å²) in [4.78, 5) is 2.55. The fraction of sp³-hybridized carbons (Fsp3) is 0.667. The molecule has 0 radical (unpaired) electrons. The second-order valence-corrected chi connectivity index (χ2v) is 6.57. The molecule has 0 aromatic heterocycles. The number of likely N-dealkylation sites (tertiary alicyclic amines) is 1. The third-order valence-corrected chi connectivity index (χ3v) is 4.53. The Bertz CT molecular complexity index is 385. The first kappa shape index (κ1) is 16.5. The van der Waals surface area contributed by atoms with Gasteiger partial charge in [0.1, 0.15) is 0 Å². The minimum Gasteiger partial charge on any atom is -0.396 e. The number of rotatable bonds is 7. The van der Waals surface area contributed by atoms with Crippen LogP contribution in [0.4, 0.5) is 0 Å². The molecule has 2 rings (SSSR count). The first-order valence-electron chi connectivity index (χ1n) is 8.32. The Labute approximate surface area is 129 Å². The molecule has 1 unspecified atom stereocenters. The van der Waals surface area contributed by atoms with E-state index in [9.17, 15) is 5.11 Å². The van der Waals surface area contributed by atoms with Gasteiger partial charge in [-0.25, -0.2) is 0 Å². The molecule has 3 heteroatoms. The largest absolute Gasteiger partial charge is 0.396 e. The van der Waals surface area contributed by atoms with Crippen molar-refractivity contribution in [2.45, 2.75) is 51.7 Å². The summed E-state index contributed by atoms with van der Waals surface area (Å²) in [6.07, 6.45) is 3.28. The van der Waals surface area contributed by atoms with Gasteiger partial charge in [0, 0.05) is 25.2 Å². The number of hydrogen-bond acceptors (Lipinski definition) is 3. The number of hydrogen-bond donors (Lipinski definition) is 2. The van der Waals surface area contributed by atoms with Crippen molar-refractivity contribution < 1.29 is 5.11 Å². The van der Waals surface area contributed by atoms with E-state index in [1.165, 1.54) is 18.4 Å². The molecule has 1 aliphatic heterocycles. The fourth-order valence-corrected chi connectivity index (χ4v) is 3.15. The molecule has 21 heavy (non-hydrogen) atoms. The molecule has 1 heterocycles. The van der Waals surface area contributed by atoms with Gasteiger partial charge in [0.2, 0.25) is 0 Å². The minimum absolute atomic E-state index is 0.280. The highest BCUT2D eigenvalue weighted by Crippen LogP contribution is 2.16. The van der Waals surface area contributed by atoms with E-state index in [1.807, 2.05) is 0 Å². The summed E-state index contributed by atoms with van der Waals surface area (Å²) in [5, 5.41) is 12.9. The fourth-order valence-electron chi connectivity index (χ4n) is 3.15. The molecule has 1 atom stereocenters. The Kier molecular flexibility index (Phi) is 6.68. The highest BCUT2D eigenvalue weighted by Gasteiger charge is 2.22. The van der Waals surface area contributed by atoms with Crippen LogP contribution in [-0.2, 0) is 6.54 Å². The number of aliphatic hydroxyl groups is 1. The summed E-state index contributed by atoms with van der Waals surface area (Å²) in [6.45, 7) is 8.14. The number of nitrogens with zero attached hydrogens (tertiary/aromatic N) is 1. The van der Waals surface area contributed by atoms with Crippen LogP contribution in [0.1, 0.15) is 38.7 Å². The van der Waals surface area contributed by atoms with E-state index < -0.39 is 0 Å². The molecule has 0 amide bonds. The van der Waals surface area contributed by atoms with Gasteiger partial charge in [-0.2, -0.15) is 0 Å².